The Morgan fingerprint density at radius 2 is 1.28 bits per heavy atom. The molecule has 4 aliphatic rings. The largest absolute Gasteiger partial charge is 0.256 e. The van der Waals surface area contributed by atoms with E-state index in [1.165, 1.54) is 67.2 Å². The Bertz CT molecular complexity index is 949. The second kappa shape index (κ2) is 6.83. The number of hydrogen-bond acceptors (Lipinski definition) is 1. The molecule has 146 valence electrons. The Kier molecular flexibility index (Phi) is 4.11. The molecule has 29 heavy (non-hydrogen) atoms. The summed E-state index contributed by atoms with van der Waals surface area (Å²) in [6, 6.07) is 24.1. The van der Waals surface area contributed by atoms with Crippen molar-refractivity contribution >= 4 is 0 Å². The smallest absolute Gasteiger partial charge is 0.0702 e. The van der Waals surface area contributed by atoms with Crippen molar-refractivity contribution in [2.75, 3.05) is 0 Å². The lowest BCUT2D eigenvalue weighted by Crippen LogP contribution is -2.47. The van der Waals surface area contributed by atoms with Gasteiger partial charge in [-0.05, 0) is 85.3 Å². The first-order chi connectivity index (χ1) is 14.2. The summed E-state index contributed by atoms with van der Waals surface area (Å²) < 4.78 is 0. The van der Waals surface area contributed by atoms with Crippen molar-refractivity contribution in [3.8, 4) is 22.4 Å². The molecular formula is C28H29N. The van der Waals surface area contributed by atoms with Crippen LogP contribution in [0, 0.1) is 23.2 Å². The predicted octanol–water partition coefficient (Wildman–Crippen LogP) is 7.17. The van der Waals surface area contributed by atoms with Crippen molar-refractivity contribution in [3.63, 3.8) is 0 Å². The molecule has 0 spiro atoms. The lowest BCUT2D eigenvalue weighted by molar-refractivity contribution is -0.0521. The van der Waals surface area contributed by atoms with E-state index in [0.717, 1.165) is 23.4 Å². The second-order valence-corrected chi connectivity index (χ2v) is 10.1. The highest BCUT2D eigenvalue weighted by Gasteiger charge is 2.50. The van der Waals surface area contributed by atoms with Gasteiger partial charge >= 0.3 is 0 Å². The summed E-state index contributed by atoms with van der Waals surface area (Å²) >= 11 is 0. The molecule has 0 atom stereocenters. The highest BCUT2D eigenvalue weighted by atomic mass is 14.7. The summed E-state index contributed by atoms with van der Waals surface area (Å²) in [4.78, 5) is 4.69. The van der Waals surface area contributed by atoms with Gasteiger partial charge in [0.25, 0.3) is 0 Å². The molecule has 0 unspecified atom stereocenters. The molecule has 4 bridgehead atoms. The van der Waals surface area contributed by atoms with Crippen molar-refractivity contribution in [3.05, 3.63) is 78.5 Å². The molecule has 0 saturated heterocycles. The van der Waals surface area contributed by atoms with Crippen LogP contribution in [-0.2, 0) is 6.42 Å². The van der Waals surface area contributed by atoms with Crippen LogP contribution in [0.1, 0.15) is 44.1 Å². The average Bonchev–Trinajstić information content (AvgIpc) is 2.74. The van der Waals surface area contributed by atoms with Gasteiger partial charge in [0.05, 0.1) is 5.69 Å². The minimum Gasteiger partial charge on any atom is -0.256 e. The van der Waals surface area contributed by atoms with Crippen LogP contribution in [0.15, 0.2) is 72.9 Å². The number of hydrogen-bond donors (Lipinski definition) is 0. The van der Waals surface area contributed by atoms with E-state index >= 15 is 0 Å². The van der Waals surface area contributed by atoms with E-state index in [4.69, 9.17) is 4.98 Å². The minimum atomic E-state index is 0.620. The number of nitrogens with zero attached hydrogens (tertiary/aromatic N) is 1. The van der Waals surface area contributed by atoms with E-state index in [1.54, 1.807) is 0 Å². The maximum absolute atomic E-state index is 4.69. The molecule has 1 heteroatoms. The Morgan fingerprint density at radius 1 is 0.655 bits per heavy atom. The Labute approximate surface area is 174 Å². The fourth-order valence-corrected chi connectivity index (χ4v) is 7.10. The SMILES string of the molecule is c1ccc(-c2ccc(-c3ccc(CC45CC6CC(CC(C6)C4)C5)cc3)cn2)cc1. The minimum absolute atomic E-state index is 0.620. The molecule has 1 heterocycles. The van der Waals surface area contributed by atoms with Crippen LogP contribution in [0.4, 0.5) is 0 Å². The van der Waals surface area contributed by atoms with Crippen LogP contribution >= 0.6 is 0 Å². The summed E-state index contributed by atoms with van der Waals surface area (Å²) in [6.45, 7) is 0. The molecule has 4 fully saturated rings. The summed E-state index contributed by atoms with van der Waals surface area (Å²) in [6.07, 6.45) is 12.4. The molecule has 0 radical (unpaired) electrons. The summed E-state index contributed by atoms with van der Waals surface area (Å²) in [5.41, 5.74) is 6.83. The zero-order valence-electron chi connectivity index (χ0n) is 17.1. The van der Waals surface area contributed by atoms with E-state index in [0.29, 0.717) is 5.41 Å². The summed E-state index contributed by atoms with van der Waals surface area (Å²) in [5, 5.41) is 0. The van der Waals surface area contributed by atoms with E-state index in [-0.39, 0.29) is 0 Å². The van der Waals surface area contributed by atoms with Crippen LogP contribution in [0.5, 0.6) is 0 Å². The van der Waals surface area contributed by atoms with Gasteiger partial charge in [-0.25, -0.2) is 0 Å². The third kappa shape index (κ3) is 3.31. The van der Waals surface area contributed by atoms with Crippen molar-refractivity contribution in [2.24, 2.45) is 23.2 Å². The quantitative estimate of drug-likeness (QED) is 0.468. The first-order valence-corrected chi connectivity index (χ1v) is 11.4. The third-order valence-electron chi connectivity index (χ3n) is 7.86. The summed E-state index contributed by atoms with van der Waals surface area (Å²) in [5.74, 6) is 3.11. The molecule has 0 aliphatic heterocycles. The zero-order chi connectivity index (χ0) is 19.3. The molecule has 0 N–H and O–H groups in total. The molecule has 4 aliphatic carbocycles. The Hall–Kier alpha value is -2.41. The van der Waals surface area contributed by atoms with Crippen LogP contribution in [0.3, 0.4) is 0 Å². The number of aromatic nitrogens is 1. The summed E-state index contributed by atoms with van der Waals surface area (Å²) in [7, 11) is 0. The lowest BCUT2D eigenvalue weighted by Gasteiger charge is -2.57. The molecule has 7 rings (SSSR count). The maximum atomic E-state index is 4.69. The van der Waals surface area contributed by atoms with Gasteiger partial charge < -0.3 is 0 Å². The van der Waals surface area contributed by atoms with Gasteiger partial charge in [0, 0.05) is 17.3 Å². The van der Waals surface area contributed by atoms with Gasteiger partial charge in [-0.1, -0.05) is 60.7 Å². The molecule has 0 amide bonds. The van der Waals surface area contributed by atoms with E-state index < -0.39 is 0 Å². The Morgan fingerprint density at radius 3 is 1.86 bits per heavy atom. The fraction of sp³-hybridized carbons (Fsp3) is 0.393. The van der Waals surface area contributed by atoms with Crippen molar-refractivity contribution in [2.45, 2.75) is 44.9 Å². The molecule has 1 nitrogen and oxygen atoms in total. The van der Waals surface area contributed by atoms with Crippen molar-refractivity contribution in [1.29, 1.82) is 0 Å². The van der Waals surface area contributed by atoms with E-state index in [9.17, 15) is 0 Å². The Balaban J connectivity index is 1.19. The first-order valence-electron chi connectivity index (χ1n) is 11.4. The number of benzene rings is 2. The number of rotatable bonds is 4. The molecule has 2 aromatic carbocycles. The van der Waals surface area contributed by atoms with Crippen LogP contribution in [0.2, 0.25) is 0 Å². The van der Waals surface area contributed by atoms with Gasteiger partial charge in [0.2, 0.25) is 0 Å². The third-order valence-corrected chi connectivity index (χ3v) is 7.86. The standard InChI is InChI=1S/C28H29N/c1-2-4-25(5-3-1)27-11-10-26(19-29-27)24-8-6-20(7-9-24)15-28-16-21-12-22(17-28)14-23(13-21)18-28/h1-11,19,21-23H,12-18H2. The molecule has 4 saturated carbocycles. The van der Waals surface area contributed by atoms with Gasteiger partial charge in [-0.2, -0.15) is 0 Å². The van der Waals surface area contributed by atoms with Crippen molar-refractivity contribution < 1.29 is 0 Å². The molecular weight excluding hydrogens is 350 g/mol. The van der Waals surface area contributed by atoms with Crippen LogP contribution in [-0.4, -0.2) is 4.98 Å². The van der Waals surface area contributed by atoms with E-state index in [1.807, 2.05) is 12.3 Å². The lowest BCUT2D eigenvalue weighted by atomic mass is 9.48. The van der Waals surface area contributed by atoms with Crippen LogP contribution < -0.4 is 0 Å². The highest BCUT2D eigenvalue weighted by molar-refractivity contribution is 5.66. The first kappa shape index (κ1) is 17.4. The van der Waals surface area contributed by atoms with Gasteiger partial charge in [-0.15, -0.1) is 0 Å². The van der Waals surface area contributed by atoms with Gasteiger partial charge in [-0.3, -0.25) is 4.98 Å². The monoisotopic (exact) mass is 379 g/mol. The van der Waals surface area contributed by atoms with Gasteiger partial charge in [0.1, 0.15) is 0 Å². The zero-order valence-corrected chi connectivity index (χ0v) is 17.1. The maximum Gasteiger partial charge on any atom is 0.0702 e. The highest BCUT2D eigenvalue weighted by Crippen LogP contribution is 2.61. The van der Waals surface area contributed by atoms with Gasteiger partial charge in [0.15, 0.2) is 0 Å². The topological polar surface area (TPSA) is 12.9 Å². The normalized spacial score (nSPS) is 29.9. The molecule has 1 aromatic heterocycles. The van der Waals surface area contributed by atoms with Crippen LogP contribution in [0.25, 0.3) is 22.4 Å². The fourth-order valence-electron chi connectivity index (χ4n) is 7.10. The average molecular weight is 380 g/mol. The predicted molar refractivity (Wildman–Crippen MR) is 119 cm³/mol. The second-order valence-electron chi connectivity index (χ2n) is 10.1. The number of pyridine rings is 1. The van der Waals surface area contributed by atoms with Crippen molar-refractivity contribution in [1.82, 2.24) is 4.98 Å². The molecule has 3 aromatic rings. The van der Waals surface area contributed by atoms with E-state index in [2.05, 4.69) is 60.7 Å².